The van der Waals surface area contributed by atoms with Gasteiger partial charge < -0.3 is 9.47 Å². The number of hydrazine groups is 1. The summed E-state index contributed by atoms with van der Waals surface area (Å²) in [5.74, 6) is 0.0883. The zero-order valence-electron chi connectivity index (χ0n) is 13.9. The second-order valence-electron chi connectivity index (χ2n) is 4.78. The summed E-state index contributed by atoms with van der Waals surface area (Å²) >= 11 is 6.44. The predicted molar refractivity (Wildman–Crippen MR) is 104 cm³/mol. The van der Waals surface area contributed by atoms with Crippen molar-refractivity contribution in [2.24, 2.45) is 0 Å². The smallest absolute Gasteiger partial charge is 0.276 e. The van der Waals surface area contributed by atoms with E-state index >= 15 is 0 Å². The lowest BCUT2D eigenvalue weighted by Gasteiger charge is -2.12. The molecule has 1 aromatic heterocycles. The molecule has 0 fully saturated rings. The first kappa shape index (κ1) is 19.4. The Morgan fingerprint density at radius 2 is 1.92 bits per heavy atom. The molecule has 2 rings (SSSR count). The van der Waals surface area contributed by atoms with E-state index in [2.05, 4.69) is 16.2 Å². The molecule has 0 bridgehead atoms. The Hall–Kier alpha value is -2.91. The van der Waals surface area contributed by atoms with E-state index in [0.29, 0.717) is 11.5 Å². The predicted octanol–water partition coefficient (Wildman–Crippen LogP) is 1.87. The van der Waals surface area contributed by atoms with Crippen molar-refractivity contribution in [2.45, 2.75) is 0 Å². The van der Waals surface area contributed by atoms with Gasteiger partial charge in [0.1, 0.15) is 0 Å². The third-order valence-corrected chi connectivity index (χ3v) is 3.96. The Morgan fingerprint density at radius 3 is 2.62 bits per heavy atom. The number of thiocarbonyl (C=S) groups is 1. The summed E-state index contributed by atoms with van der Waals surface area (Å²) in [4.78, 5) is 24.4. The first-order valence-electron chi connectivity index (χ1n) is 7.45. The van der Waals surface area contributed by atoms with E-state index in [9.17, 15) is 9.59 Å². The number of benzene rings is 1. The summed E-state index contributed by atoms with van der Waals surface area (Å²) in [6.45, 7) is -0.248. The lowest BCUT2D eigenvalue weighted by atomic mass is 10.3. The molecule has 0 aliphatic heterocycles. The normalized spacial score (nSPS) is 10.2. The molecule has 3 N–H and O–H groups in total. The molecule has 0 radical (unpaired) electrons. The molecule has 9 heteroatoms. The Morgan fingerprint density at radius 1 is 1.15 bits per heavy atom. The third-order valence-electron chi connectivity index (χ3n) is 2.92. The highest BCUT2D eigenvalue weighted by molar-refractivity contribution is 7.80. The Labute approximate surface area is 160 Å². The number of thiophene rings is 1. The summed E-state index contributed by atoms with van der Waals surface area (Å²) in [7, 11) is 1.51. The van der Waals surface area contributed by atoms with Crippen LogP contribution >= 0.6 is 23.6 Å². The largest absolute Gasteiger partial charge is 0.493 e. The van der Waals surface area contributed by atoms with Crippen LogP contribution in [-0.2, 0) is 9.59 Å². The van der Waals surface area contributed by atoms with Gasteiger partial charge in [-0.3, -0.25) is 25.8 Å². The Bertz CT molecular complexity index is 791. The van der Waals surface area contributed by atoms with Crippen molar-refractivity contribution >= 4 is 46.6 Å². The van der Waals surface area contributed by atoms with E-state index in [0.717, 1.165) is 4.88 Å². The monoisotopic (exact) mass is 391 g/mol. The van der Waals surface area contributed by atoms with Crippen LogP contribution in [0.4, 0.5) is 0 Å². The van der Waals surface area contributed by atoms with Gasteiger partial charge in [-0.1, -0.05) is 18.2 Å². The zero-order valence-corrected chi connectivity index (χ0v) is 15.5. The van der Waals surface area contributed by atoms with Crippen molar-refractivity contribution in [3.8, 4) is 11.5 Å². The number of ether oxygens (including phenoxy) is 2. The maximum absolute atomic E-state index is 11.8. The SMILES string of the molecule is COc1ccccc1OCC(=O)NNC(=S)NC(=O)C=Cc1cccs1. The highest BCUT2D eigenvalue weighted by Gasteiger charge is 2.07. The van der Waals surface area contributed by atoms with Crippen LogP contribution in [0.2, 0.25) is 0 Å². The molecule has 136 valence electrons. The maximum atomic E-state index is 11.8. The van der Waals surface area contributed by atoms with Gasteiger partial charge in [0.15, 0.2) is 23.2 Å². The molecule has 0 unspecified atom stereocenters. The van der Waals surface area contributed by atoms with Crippen molar-refractivity contribution in [3.05, 3.63) is 52.7 Å². The van der Waals surface area contributed by atoms with E-state index in [-0.39, 0.29) is 11.7 Å². The number of methoxy groups -OCH3 is 1. The quantitative estimate of drug-likeness (QED) is 0.396. The Kier molecular flexibility index (Phi) is 7.59. The number of rotatable bonds is 6. The Balaban J connectivity index is 1.69. The van der Waals surface area contributed by atoms with E-state index in [1.54, 1.807) is 30.3 Å². The molecule has 26 heavy (non-hydrogen) atoms. The molecule has 1 heterocycles. The number of para-hydroxylation sites is 2. The minimum atomic E-state index is -0.471. The van der Waals surface area contributed by atoms with Crippen molar-refractivity contribution in [1.82, 2.24) is 16.2 Å². The standard InChI is InChI=1S/C17H17N3O4S2/c1-23-13-6-2-3-7-14(13)24-11-16(22)19-20-17(25)18-15(21)9-8-12-5-4-10-26-12/h2-10H,11H2,1H3,(H,19,22)(H2,18,20,21,25). The van der Waals surface area contributed by atoms with Crippen LogP contribution in [-0.4, -0.2) is 30.6 Å². The first-order valence-corrected chi connectivity index (χ1v) is 8.74. The summed E-state index contributed by atoms with van der Waals surface area (Å²) in [6.07, 6.45) is 3.02. The van der Waals surface area contributed by atoms with Gasteiger partial charge in [-0.2, -0.15) is 0 Å². The summed E-state index contributed by atoms with van der Waals surface area (Å²) < 4.78 is 10.5. The first-order chi connectivity index (χ1) is 12.6. The van der Waals surface area contributed by atoms with Gasteiger partial charge in [0.25, 0.3) is 5.91 Å². The fraction of sp³-hybridized carbons (Fsp3) is 0.118. The summed E-state index contributed by atoms with van der Waals surface area (Å²) in [5.41, 5.74) is 4.76. The van der Waals surface area contributed by atoms with Crippen molar-refractivity contribution < 1.29 is 19.1 Å². The van der Waals surface area contributed by atoms with Gasteiger partial charge in [-0.25, -0.2) is 0 Å². The van der Waals surface area contributed by atoms with Crippen LogP contribution in [0.25, 0.3) is 6.08 Å². The van der Waals surface area contributed by atoms with Gasteiger partial charge in [0.2, 0.25) is 5.91 Å². The molecule has 0 saturated heterocycles. The van der Waals surface area contributed by atoms with Gasteiger partial charge in [-0.15, -0.1) is 11.3 Å². The molecule has 7 nitrogen and oxygen atoms in total. The van der Waals surface area contributed by atoms with Crippen LogP contribution in [0.15, 0.2) is 47.9 Å². The summed E-state index contributed by atoms with van der Waals surface area (Å²) in [6, 6.07) is 10.7. The van der Waals surface area contributed by atoms with Crippen LogP contribution in [0, 0.1) is 0 Å². The van der Waals surface area contributed by atoms with Crippen LogP contribution in [0.3, 0.4) is 0 Å². The molecule has 2 aromatic rings. The lowest BCUT2D eigenvalue weighted by molar-refractivity contribution is -0.123. The molecular formula is C17H17N3O4S2. The lowest BCUT2D eigenvalue weighted by Crippen LogP contribution is -2.49. The van der Waals surface area contributed by atoms with E-state index in [4.69, 9.17) is 21.7 Å². The third kappa shape index (κ3) is 6.54. The van der Waals surface area contributed by atoms with Crippen LogP contribution in [0.5, 0.6) is 11.5 Å². The van der Waals surface area contributed by atoms with E-state index < -0.39 is 11.8 Å². The number of carbonyl (C=O) groups is 2. The van der Waals surface area contributed by atoms with Gasteiger partial charge in [-0.05, 0) is 41.9 Å². The van der Waals surface area contributed by atoms with Crippen molar-refractivity contribution in [2.75, 3.05) is 13.7 Å². The van der Waals surface area contributed by atoms with Crippen LogP contribution < -0.4 is 25.6 Å². The maximum Gasteiger partial charge on any atom is 0.276 e. The summed E-state index contributed by atoms with van der Waals surface area (Å²) in [5, 5.41) is 4.29. The fourth-order valence-corrected chi connectivity index (χ4v) is 2.54. The van der Waals surface area contributed by atoms with E-state index in [1.807, 2.05) is 17.5 Å². The molecule has 0 aliphatic rings. The van der Waals surface area contributed by atoms with Crippen molar-refractivity contribution in [3.63, 3.8) is 0 Å². The average Bonchev–Trinajstić information content (AvgIpc) is 3.17. The molecule has 1 aromatic carbocycles. The number of amides is 2. The van der Waals surface area contributed by atoms with E-state index in [1.165, 1.54) is 24.5 Å². The molecule has 0 saturated carbocycles. The minimum Gasteiger partial charge on any atom is -0.493 e. The second-order valence-corrected chi connectivity index (χ2v) is 6.17. The second kappa shape index (κ2) is 10.2. The minimum absolute atomic E-state index is 0.0310. The molecule has 0 atom stereocenters. The highest BCUT2D eigenvalue weighted by atomic mass is 32.1. The van der Waals surface area contributed by atoms with Gasteiger partial charge in [0, 0.05) is 11.0 Å². The average molecular weight is 391 g/mol. The molecule has 0 spiro atoms. The number of hydrogen-bond donors (Lipinski definition) is 3. The van der Waals surface area contributed by atoms with Crippen LogP contribution in [0.1, 0.15) is 4.88 Å². The molecule has 2 amide bonds. The number of nitrogens with one attached hydrogen (secondary N) is 3. The molecule has 0 aliphatic carbocycles. The zero-order chi connectivity index (χ0) is 18.8. The number of hydrogen-bond acceptors (Lipinski definition) is 6. The number of carbonyl (C=O) groups excluding carboxylic acids is 2. The van der Waals surface area contributed by atoms with Gasteiger partial charge >= 0.3 is 0 Å². The van der Waals surface area contributed by atoms with Crippen molar-refractivity contribution in [1.29, 1.82) is 0 Å². The topological polar surface area (TPSA) is 88.7 Å². The van der Waals surface area contributed by atoms with Gasteiger partial charge in [0.05, 0.1) is 7.11 Å². The highest BCUT2D eigenvalue weighted by Crippen LogP contribution is 2.25. The fourth-order valence-electron chi connectivity index (χ4n) is 1.77. The molecular weight excluding hydrogens is 374 g/mol.